The molecule has 0 spiro atoms. The molecule has 1 N–H and O–H groups in total. The Hall–Kier alpha value is -1.80. The lowest BCUT2D eigenvalue weighted by Crippen LogP contribution is -2.39. The third-order valence-corrected chi connectivity index (χ3v) is 3.27. The summed E-state index contributed by atoms with van der Waals surface area (Å²) in [7, 11) is 1.61. The molecule has 0 aromatic carbocycles. The number of hydrogen-bond acceptors (Lipinski definition) is 5. The number of rotatable bonds is 4. The lowest BCUT2D eigenvalue weighted by Gasteiger charge is -2.31. The molecule has 0 radical (unpaired) electrons. The summed E-state index contributed by atoms with van der Waals surface area (Å²) in [5.41, 5.74) is 0. The lowest BCUT2D eigenvalue weighted by molar-refractivity contribution is 0.243. The summed E-state index contributed by atoms with van der Waals surface area (Å²) in [6.45, 7) is 4.92. The first kappa shape index (κ1) is 13.6. The minimum atomic E-state index is 0.463. The molecule has 1 aliphatic heterocycles. The van der Waals surface area contributed by atoms with Crippen molar-refractivity contribution in [3.8, 4) is 17.7 Å². The summed E-state index contributed by atoms with van der Waals surface area (Å²) in [6.07, 6.45) is 3.74. The molecule has 1 saturated heterocycles. The molecular weight excluding hydrogens is 240 g/mol. The van der Waals surface area contributed by atoms with Gasteiger partial charge in [0, 0.05) is 25.2 Å². The molecule has 1 fully saturated rings. The van der Waals surface area contributed by atoms with Crippen molar-refractivity contribution < 1.29 is 4.74 Å². The zero-order valence-corrected chi connectivity index (χ0v) is 11.5. The molecule has 1 aromatic rings. The van der Waals surface area contributed by atoms with E-state index < -0.39 is 0 Å². The molecule has 19 heavy (non-hydrogen) atoms. The van der Waals surface area contributed by atoms with E-state index >= 15 is 0 Å². The fraction of sp³-hybridized carbons (Fsp3) is 0.571. The van der Waals surface area contributed by atoms with Gasteiger partial charge in [0.15, 0.2) is 0 Å². The van der Waals surface area contributed by atoms with Gasteiger partial charge in [-0.1, -0.05) is 5.92 Å². The van der Waals surface area contributed by atoms with E-state index in [-0.39, 0.29) is 0 Å². The highest BCUT2D eigenvalue weighted by molar-refractivity contribution is 5.38. The average Bonchev–Trinajstić information content (AvgIpc) is 2.47. The predicted molar refractivity (Wildman–Crippen MR) is 75.1 cm³/mol. The first-order valence-electron chi connectivity index (χ1n) is 6.56. The van der Waals surface area contributed by atoms with Crippen molar-refractivity contribution >= 4 is 5.82 Å². The van der Waals surface area contributed by atoms with E-state index in [4.69, 9.17) is 4.74 Å². The summed E-state index contributed by atoms with van der Waals surface area (Å²) >= 11 is 0. The normalized spacial score (nSPS) is 16.5. The number of nitrogens with zero attached hydrogens (tertiary/aromatic N) is 3. The smallest absolute Gasteiger partial charge is 0.218 e. The maximum Gasteiger partial charge on any atom is 0.218 e. The fourth-order valence-corrected chi connectivity index (χ4v) is 2.17. The zero-order valence-electron chi connectivity index (χ0n) is 11.5. The first-order valence-corrected chi connectivity index (χ1v) is 6.56. The van der Waals surface area contributed by atoms with Crippen molar-refractivity contribution in [3.63, 3.8) is 0 Å². The van der Waals surface area contributed by atoms with Crippen LogP contribution in [0, 0.1) is 11.8 Å². The number of piperidine rings is 1. The van der Waals surface area contributed by atoms with Crippen LogP contribution >= 0.6 is 0 Å². The minimum Gasteiger partial charge on any atom is -0.481 e. The average molecular weight is 260 g/mol. The minimum absolute atomic E-state index is 0.463. The molecule has 1 aliphatic rings. The van der Waals surface area contributed by atoms with E-state index in [0.29, 0.717) is 11.9 Å². The van der Waals surface area contributed by atoms with Gasteiger partial charge in [-0.15, -0.1) is 5.92 Å². The van der Waals surface area contributed by atoms with E-state index in [1.807, 2.05) is 13.0 Å². The van der Waals surface area contributed by atoms with Crippen LogP contribution < -0.4 is 10.1 Å². The van der Waals surface area contributed by atoms with Crippen LogP contribution in [0.15, 0.2) is 12.4 Å². The standard InChI is InChI=1S/C14H20N4O/c1-3-4-7-18-8-5-12(6-9-18)17-13-10-14(19-2)16-11-15-13/h10-12H,5-9H2,1-2H3,(H,15,16,17). The molecule has 102 valence electrons. The van der Waals surface area contributed by atoms with Gasteiger partial charge in [0.2, 0.25) is 5.88 Å². The largest absolute Gasteiger partial charge is 0.481 e. The molecule has 5 nitrogen and oxygen atoms in total. The predicted octanol–water partition coefficient (Wildman–Crippen LogP) is 1.38. The van der Waals surface area contributed by atoms with Gasteiger partial charge in [0.25, 0.3) is 0 Å². The number of ether oxygens (including phenoxy) is 1. The van der Waals surface area contributed by atoms with Crippen molar-refractivity contribution in [3.05, 3.63) is 12.4 Å². The quantitative estimate of drug-likeness (QED) is 0.829. The van der Waals surface area contributed by atoms with Crippen LogP contribution in [0.2, 0.25) is 0 Å². The van der Waals surface area contributed by atoms with Gasteiger partial charge in [-0.2, -0.15) is 0 Å². The molecule has 0 unspecified atom stereocenters. The molecule has 0 bridgehead atoms. The molecule has 5 heteroatoms. The molecule has 0 atom stereocenters. The van der Waals surface area contributed by atoms with Gasteiger partial charge in [0.05, 0.1) is 13.7 Å². The zero-order chi connectivity index (χ0) is 13.5. The summed E-state index contributed by atoms with van der Waals surface area (Å²) < 4.78 is 5.09. The van der Waals surface area contributed by atoms with Gasteiger partial charge in [-0.3, -0.25) is 4.90 Å². The Labute approximate surface area is 114 Å². The highest BCUT2D eigenvalue weighted by atomic mass is 16.5. The van der Waals surface area contributed by atoms with Crippen LogP contribution in [0.4, 0.5) is 5.82 Å². The molecule has 0 aliphatic carbocycles. The van der Waals surface area contributed by atoms with Gasteiger partial charge < -0.3 is 10.1 Å². The van der Waals surface area contributed by atoms with E-state index in [9.17, 15) is 0 Å². The Balaban J connectivity index is 1.82. The Morgan fingerprint density at radius 2 is 2.21 bits per heavy atom. The molecule has 0 amide bonds. The summed E-state index contributed by atoms with van der Waals surface area (Å²) in [6, 6.07) is 2.29. The van der Waals surface area contributed by atoms with Gasteiger partial charge in [0.1, 0.15) is 12.1 Å². The molecule has 1 aromatic heterocycles. The Morgan fingerprint density at radius 1 is 1.42 bits per heavy atom. The van der Waals surface area contributed by atoms with Crippen molar-refractivity contribution in [2.45, 2.75) is 25.8 Å². The molecule has 2 rings (SSSR count). The summed E-state index contributed by atoms with van der Waals surface area (Å²) in [5.74, 6) is 7.48. The van der Waals surface area contributed by atoms with Crippen molar-refractivity contribution in [1.82, 2.24) is 14.9 Å². The van der Waals surface area contributed by atoms with Crippen LogP contribution in [0.1, 0.15) is 19.8 Å². The Kier molecular flexibility index (Phi) is 4.99. The van der Waals surface area contributed by atoms with E-state index in [2.05, 4.69) is 32.0 Å². The monoisotopic (exact) mass is 260 g/mol. The van der Waals surface area contributed by atoms with Gasteiger partial charge >= 0.3 is 0 Å². The van der Waals surface area contributed by atoms with Gasteiger partial charge in [-0.25, -0.2) is 9.97 Å². The third kappa shape index (κ3) is 4.11. The fourth-order valence-electron chi connectivity index (χ4n) is 2.17. The highest BCUT2D eigenvalue weighted by Gasteiger charge is 2.18. The Bertz CT molecular complexity index is 458. The second-order valence-corrected chi connectivity index (χ2v) is 4.57. The number of hydrogen-bond donors (Lipinski definition) is 1. The van der Waals surface area contributed by atoms with Crippen LogP contribution in [0.5, 0.6) is 5.88 Å². The van der Waals surface area contributed by atoms with Crippen LogP contribution in [0.25, 0.3) is 0 Å². The maximum atomic E-state index is 5.09. The van der Waals surface area contributed by atoms with E-state index in [1.165, 1.54) is 6.33 Å². The summed E-state index contributed by atoms with van der Waals surface area (Å²) in [4.78, 5) is 10.6. The Morgan fingerprint density at radius 3 is 2.89 bits per heavy atom. The van der Waals surface area contributed by atoms with Crippen molar-refractivity contribution in [2.75, 3.05) is 32.1 Å². The highest BCUT2D eigenvalue weighted by Crippen LogP contribution is 2.16. The SMILES string of the molecule is CC#CCN1CCC(Nc2cc(OC)ncn2)CC1. The first-order chi connectivity index (χ1) is 9.31. The van der Waals surface area contributed by atoms with Crippen molar-refractivity contribution in [2.24, 2.45) is 0 Å². The lowest BCUT2D eigenvalue weighted by atomic mass is 10.1. The van der Waals surface area contributed by atoms with Crippen LogP contribution in [-0.4, -0.2) is 47.7 Å². The summed E-state index contributed by atoms with van der Waals surface area (Å²) in [5, 5.41) is 3.44. The topological polar surface area (TPSA) is 50.3 Å². The van der Waals surface area contributed by atoms with Crippen LogP contribution in [-0.2, 0) is 0 Å². The van der Waals surface area contributed by atoms with Gasteiger partial charge in [-0.05, 0) is 19.8 Å². The van der Waals surface area contributed by atoms with E-state index in [0.717, 1.165) is 38.3 Å². The number of nitrogens with one attached hydrogen (secondary N) is 1. The number of aromatic nitrogens is 2. The maximum absolute atomic E-state index is 5.09. The van der Waals surface area contributed by atoms with Crippen LogP contribution in [0.3, 0.4) is 0 Å². The molecular formula is C14H20N4O. The van der Waals surface area contributed by atoms with E-state index in [1.54, 1.807) is 7.11 Å². The second kappa shape index (κ2) is 6.95. The molecule has 0 saturated carbocycles. The third-order valence-electron chi connectivity index (χ3n) is 3.27. The number of likely N-dealkylation sites (tertiary alicyclic amines) is 1. The second-order valence-electron chi connectivity index (χ2n) is 4.57. The van der Waals surface area contributed by atoms with Crippen molar-refractivity contribution in [1.29, 1.82) is 0 Å². The molecule has 2 heterocycles. The number of methoxy groups -OCH3 is 1. The number of anilines is 1.